The van der Waals surface area contributed by atoms with E-state index in [4.69, 9.17) is 17.0 Å². The van der Waals surface area contributed by atoms with Crippen LogP contribution in [0.5, 0.6) is 5.75 Å². The van der Waals surface area contributed by atoms with Crippen LogP contribution < -0.4 is 10.1 Å². The number of thiocarbonyl (C=S) groups is 1. The lowest BCUT2D eigenvalue weighted by atomic mass is 10.2. The Kier molecular flexibility index (Phi) is 4.74. The second-order valence-corrected chi connectivity index (χ2v) is 4.96. The Bertz CT molecular complexity index is 537. The first-order valence-electron chi connectivity index (χ1n) is 6.64. The number of rotatable bonds is 5. The van der Waals surface area contributed by atoms with E-state index in [0.29, 0.717) is 17.4 Å². The van der Waals surface area contributed by atoms with Crippen LogP contribution in [0.3, 0.4) is 0 Å². The summed E-state index contributed by atoms with van der Waals surface area (Å²) in [7, 11) is 1.62. The van der Waals surface area contributed by atoms with Crippen LogP contribution >= 0.6 is 12.2 Å². The maximum absolute atomic E-state index is 12.2. The molecule has 5 heteroatoms. The van der Waals surface area contributed by atoms with Gasteiger partial charge in [-0.1, -0.05) is 25.5 Å². The monoisotopic (exact) mass is 290 g/mol. The summed E-state index contributed by atoms with van der Waals surface area (Å²) in [6.07, 6.45) is 3.79. The SMILES string of the molecule is CCCCN1C(=O)C(=Cc2ccc(OC)cc2)NC1=S. The molecule has 2 rings (SSSR count). The fraction of sp³-hybridized carbons (Fsp3) is 0.333. The molecule has 0 spiro atoms. The summed E-state index contributed by atoms with van der Waals surface area (Å²) in [6.45, 7) is 2.76. The van der Waals surface area contributed by atoms with Gasteiger partial charge in [0.1, 0.15) is 11.4 Å². The molecule has 1 fully saturated rings. The van der Waals surface area contributed by atoms with Crippen molar-refractivity contribution in [2.24, 2.45) is 0 Å². The van der Waals surface area contributed by atoms with E-state index in [1.54, 1.807) is 18.1 Å². The first kappa shape index (κ1) is 14.5. The van der Waals surface area contributed by atoms with Crippen LogP contribution in [-0.2, 0) is 4.79 Å². The maximum Gasteiger partial charge on any atom is 0.276 e. The number of carbonyl (C=O) groups is 1. The first-order valence-corrected chi connectivity index (χ1v) is 7.05. The molecule has 1 N–H and O–H groups in total. The average molecular weight is 290 g/mol. The Morgan fingerprint density at radius 1 is 1.35 bits per heavy atom. The molecule has 0 unspecified atom stereocenters. The number of benzene rings is 1. The fourth-order valence-electron chi connectivity index (χ4n) is 1.96. The third-order valence-corrected chi connectivity index (χ3v) is 3.45. The largest absolute Gasteiger partial charge is 0.497 e. The molecule has 1 aromatic carbocycles. The van der Waals surface area contributed by atoms with Crippen molar-refractivity contribution in [3.63, 3.8) is 0 Å². The Morgan fingerprint density at radius 2 is 2.05 bits per heavy atom. The Balaban J connectivity index is 2.14. The smallest absolute Gasteiger partial charge is 0.276 e. The van der Waals surface area contributed by atoms with Gasteiger partial charge in [-0.15, -0.1) is 0 Å². The number of nitrogens with one attached hydrogen (secondary N) is 1. The second-order valence-electron chi connectivity index (χ2n) is 4.57. The molecule has 20 heavy (non-hydrogen) atoms. The molecule has 0 atom stereocenters. The van der Waals surface area contributed by atoms with Gasteiger partial charge < -0.3 is 10.1 Å². The minimum atomic E-state index is -0.0562. The summed E-state index contributed by atoms with van der Waals surface area (Å²) in [4.78, 5) is 13.9. The topological polar surface area (TPSA) is 41.6 Å². The molecular weight excluding hydrogens is 272 g/mol. The zero-order valence-electron chi connectivity index (χ0n) is 11.7. The van der Waals surface area contributed by atoms with Crippen molar-refractivity contribution in [1.82, 2.24) is 10.2 Å². The quantitative estimate of drug-likeness (QED) is 0.668. The minimum Gasteiger partial charge on any atom is -0.497 e. The number of ether oxygens (including phenoxy) is 1. The van der Waals surface area contributed by atoms with Crippen molar-refractivity contribution < 1.29 is 9.53 Å². The summed E-state index contributed by atoms with van der Waals surface area (Å²) < 4.78 is 5.11. The molecule has 1 heterocycles. The van der Waals surface area contributed by atoms with Gasteiger partial charge in [-0.3, -0.25) is 9.69 Å². The predicted octanol–water partition coefficient (Wildman–Crippen LogP) is 2.55. The van der Waals surface area contributed by atoms with Crippen molar-refractivity contribution in [1.29, 1.82) is 0 Å². The summed E-state index contributed by atoms with van der Waals surface area (Å²) in [5, 5.41) is 3.47. The van der Waals surface area contributed by atoms with Crippen LogP contribution in [0.25, 0.3) is 6.08 Å². The van der Waals surface area contributed by atoms with Gasteiger partial charge in [0.15, 0.2) is 5.11 Å². The molecule has 0 aromatic heterocycles. The van der Waals surface area contributed by atoms with Crippen molar-refractivity contribution in [2.75, 3.05) is 13.7 Å². The van der Waals surface area contributed by atoms with E-state index in [9.17, 15) is 4.79 Å². The summed E-state index contributed by atoms with van der Waals surface area (Å²) >= 11 is 5.20. The van der Waals surface area contributed by atoms with E-state index in [2.05, 4.69) is 12.2 Å². The molecule has 0 bridgehead atoms. The van der Waals surface area contributed by atoms with Crippen LogP contribution in [0, 0.1) is 0 Å². The Morgan fingerprint density at radius 3 is 2.65 bits per heavy atom. The number of unbranched alkanes of at least 4 members (excludes halogenated alkanes) is 1. The zero-order chi connectivity index (χ0) is 14.5. The molecule has 1 saturated heterocycles. The van der Waals surface area contributed by atoms with E-state index in [0.717, 1.165) is 24.2 Å². The summed E-state index contributed by atoms with van der Waals surface area (Å²) in [5.41, 5.74) is 1.46. The van der Waals surface area contributed by atoms with Gasteiger partial charge in [-0.2, -0.15) is 0 Å². The first-order chi connectivity index (χ1) is 9.65. The lowest BCUT2D eigenvalue weighted by molar-refractivity contribution is -0.122. The molecule has 1 aliphatic rings. The molecule has 4 nitrogen and oxygen atoms in total. The predicted molar refractivity (Wildman–Crippen MR) is 83.3 cm³/mol. The number of methoxy groups -OCH3 is 1. The second kappa shape index (κ2) is 6.52. The van der Waals surface area contributed by atoms with Crippen molar-refractivity contribution in [3.05, 3.63) is 35.5 Å². The number of hydrogen-bond donors (Lipinski definition) is 1. The molecule has 0 radical (unpaired) electrons. The van der Waals surface area contributed by atoms with E-state index >= 15 is 0 Å². The standard InChI is InChI=1S/C15H18N2O2S/c1-3-4-9-17-14(18)13(16-15(17)20)10-11-5-7-12(19-2)8-6-11/h5-8,10H,3-4,9H2,1-2H3,(H,16,20). The highest BCUT2D eigenvalue weighted by molar-refractivity contribution is 7.80. The van der Waals surface area contributed by atoms with Gasteiger partial charge in [0, 0.05) is 6.54 Å². The van der Waals surface area contributed by atoms with Crippen molar-refractivity contribution >= 4 is 29.3 Å². The number of carbonyl (C=O) groups excluding carboxylic acids is 1. The third-order valence-electron chi connectivity index (χ3n) is 3.12. The van der Waals surface area contributed by atoms with Crippen LogP contribution in [0.2, 0.25) is 0 Å². The van der Waals surface area contributed by atoms with E-state index in [1.807, 2.05) is 24.3 Å². The zero-order valence-corrected chi connectivity index (χ0v) is 12.5. The van der Waals surface area contributed by atoms with E-state index in [-0.39, 0.29) is 5.91 Å². The average Bonchev–Trinajstić information content (AvgIpc) is 2.72. The molecule has 106 valence electrons. The fourth-order valence-corrected chi connectivity index (χ4v) is 2.24. The minimum absolute atomic E-state index is 0.0562. The highest BCUT2D eigenvalue weighted by Crippen LogP contribution is 2.17. The van der Waals surface area contributed by atoms with Crippen LogP contribution in [0.1, 0.15) is 25.3 Å². The van der Waals surface area contributed by atoms with E-state index in [1.165, 1.54) is 0 Å². The van der Waals surface area contributed by atoms with Crippen LogP contribution in [-0.4, -0.2) is 29.6 Å². The number of hydrogen-bond acceptors (Lipinski definition) is 3. The number of amides is 1. The molecule has 0 aliphatic carbocycles. The Hall–Kier alpha value is -1.88. The van der Waals surface area contributed by atoms with Crippen molar-refractivity contribution in [3.8, 4) is 5.75 Å². The van der Waals surface area contributed by atoms with Gasteiger partial charge in [-0.25, -0.2) is 0 Å². The van der Waals surface area contributed by atoms with Crippen LogP contribution in [0.4, 0.5) is 0 Å². The molecule has 1 aromatic rings. The van der Waals surface area contributed by atoms with Gasteiger partial charge in [0.25, 0.3) is 5.91 Å². The van der Waals surface area contributed by atoms with Gasteiger partial charge in [0.05, 0.1) is 7.11 Å². The molecular formula is C15H18N2O2S. The highest BCUT2D eigenvalue weighted by Gasteiger charge is 2.29. The van der Waals surface area contributed by atoms with Crippen LogP contribution in [0.15, 0.2) is 30.0 Å². The highest BCUT2D eigenvalue weighted by atomic mass is 32.1. The third kappa shape index (κ3) is 3.17. The lowest BCUT2D eigenvalue weighted by Gasteiger charge is -2.12. The lowest BCUT2D eigenvalue weighted by Crippen LogP contribution is -2.31. The molecule has 0 saturated carbocycles. The maximum atomic E-state index is 12.2. The summed E-state index contributed by atoms with van der Waals surface area (Å²) in [6, 6.07) is 7.52. The summed E-state index contributed by atoms with van der Waals surface area (Å²) in [5.74, 6) is 0.734. The molecule has 1 aliphatic heterocycles. The molecule has 1 amide bonds. The van der Waals surface area contributed by atoms with Gasteiger partial charge in [0.2, 0.25) is 0 Å². The number of nitrogens with zero attached hydrogens (tertiary/aromatic N) is 1. The van der Waals surface area contributed by atoms with Gasteiger partial charge >= 0.3 is 0 Å². The normalized spacial score (nSPS) is 16.7. The van der Waals surface area contributed by atoms with Crippen molar-refractivity contribution in [2.45, 2.75) is 19.8 Å². The van der Waals surface area contributed by atoms with Gasteiger partial charge in [-0.05, 0) is 42.4 Å². The van der Waals surface area contributed by atoms with E-state index < -0.39 is 0 Å². The Labute approximate surface area is 124 Å².